The molecule has 0 saturated carbocycles. The van der Waals surface area contributed by atoms with Crippen molar-refractivity contribution in [2.24, 2.45) is 5.41 Å². The smallest absolute Gasteiger partial charge is 0.311 e. The topological polar surface area (TPSA) is 101 Å². The summed E-state index contributed by atoms with van der Waals surface area (Å²) in [6.45, 7) is 7.13. The summed E-state index contributed by atoms with van der Waals surface area (Å²) in [5, 5.41) is 0.306. The van der Waals surface area contributed by atoms with Gasteiger partial charge in [0.25, 0.3) is 10.0 Å². The van der Waals surface area contributed by atoms with Crippen LogP contribution in [0.1, 0.15) is 32.3 Å². The zero-order chi connectivity index (χ0) is 25.9. The zero-order valence-corrected chi connectivity index (χ0v) is 22.1. The number of aryl methyl sites for hydroxylation is 1. The van der Waals surface area contributed by atoms with E-state index in [1.807, 2.05) is 43.0 Å². The van der Waals surface area contributed by atoms with Gasteiger partial charge in [0.1, 0.15) is 11.6 Å². The Morgan fingerprint density at radius 3 is 2.50 bits per heavy atom. The number of pyridine rings is 2. The molecule has 2 aromatic heterocycles. The maximum absolute atomic E-state index is 13.2. The Morgan fingerprint density at radius 1 is 1.08 bits per heavy atom. The van der Waals surface area contributed by atoms with E-state index < -0.39 is 15.4 Å². The third-order valence-electron chi connectivity index (χ3n) is 6.43. The molecule has 1 aromatic carbocycles. The predicted octanol–water partition coefficient (Wildman–Crippen LogP) is 5.08. The van der Waals surface area contributed by atoms with Crippen LogP contribution in [-0.2, 0) is 19.6 Å². The summed E-state index contributed by atoms with van der Waals surface area (Å²) in [6, 6.07) is 15.6. The zero-order valence-electron chi connectivity index (χ0n) is 20.5. The van der Waals surface area contributed by atoms with Gasteiger partial charge in [-0.05, 0) is 63.4 Å². The number of aromatic nitrogens is 2. The summed E-state index contributed by atoms with van der Waals surface area (Å²) in [5.74, 6) is 0.486. The number of hydrogen-bond donors (Lipinski definition) is 1. The first-order valence-electron chi connectivity index (χ1n) is 11.8. The fourth-order valence-corrected chi connectivity index (χ4v) is 5.36. The van der Waals surface area contributed by atoms with E-state index in [0.717, 1.165) is 11.1 Å². The number of nitrogens with zero attached hydrogens (tertiary/aromatic N) is 3. The van der Waals surface area contributed by atoms with Crippen LogP contribution in [0.15, 0.2) is 59.6 Å². The normalized spacial score (nSPS) is 15.4. The molecule has 0 bridgehead atoms. The van der Waals surface area contributed by atoms with Crippen molar-refractivity contribution >= 4 is 39.2 Å². The Hall–Kier alpha value is -3.17. The molecule has 3 heterocycles. The second-order valence-corrected chi connectivity index (χ2v) is 11.1. The standard InChI is InChI=1S/C26H29ClN4O4S/c1-4-35-25(32)26(3)14-16-31(17-15-26)22-10-7-11-23(29-22)36(33,34)30-21-13-12-20(27)24(28-21)19-9-6-5-8-18(19)2/h5-13H,4,14-17H2,1-3H3,(H,28,30). The van der Waals surface area contributed by atoms with Gasteiger partial charge in [-0.1, -0.05) is 41.9 Å². The quantitative estimate of drug-likeness (QED) is 0.427. The minimum atomic E-state index is -4.01. The van der Waals surface area contributed by atoms with Gasteiger partial charge in [0.2, 0.25) is 0 Å². The highest BCUT2D eigenvalue weighted by molar-refractivity contribution is 7.92. The lowest BCUT2D eigenvalue weighted by Crippen LogP contribution is -2.43. The summed E-state index contributed by atoms with van der Waals surface area (Å²) >= 11 is 6.37. The average Bonchev–Trinajstić information content (AvgIpc) is 2.86. The van der Waals surface area contributed by atoms with Crippen LogP contribution in [0, 0.1) is 12.3 Å². The average molecular weight is 529 g/mol. The molecule has 3 aromatic rings. The second-order valence-electron chi connectivity index (χ2n) is 9.05. The van der Waals surface area contributed by atoms with Crippen LogP contribution in [0.2, 0.25) is 5.02 Å². The molecule has 36 heavy (non-hydrogen) atoms. The van der Waals surface area contributed by atoms with Crippen LogP contribution in [0.25, 0.3) is 11.3 Å². The Bertz CT molecular complexity index is 1370. The molecule has 1 aliphatic rings. The van der Waals surface area contributed by atoms with Gasteiger partial charge >= 0.3 is 5.97 Å². The molecule has 4 rings (SSSR count). The largest absolute Gasteiger partial charge is 0.466 e. The number of hydrogen-bond acceptors (Lipinski definition) is 7. The molecule has 0 amide bonds. The van der Waals surface area contributed by atoms with Gasteiger partial charge in [-0.2, -0.15) is 8.42 Å². The third kappa shape index (κ3) is 5.47. The van der Waals surface area contributed by atoms with Gasteiger partial charge in [-0.15, -0.1) is 0 Å². The third-order valence-corrected chi connectivity index (χ3v) is 7.99. The summed E-state index contributed by atoms with van der Waals surface area (Å²) in [7, 11) is -4.01. The highest BCUT2D eigenvalue weighted by Crippen LogP contribution is 2.34. The van der Waals surface area contributed by atoms with E-state index in [4.69, 9.17) is 16.3 Å². The Balaban J connectivity index is 1.53. The van der Waals surface area contributed by atoms with Crippen molar-refractivity contribution in [3.8, 4) is 11.3 Å². The predicted molar refractivity (Wildman–Crippen MR) is 141 cm³/mol. The molecule has 8 nitrogen and oxygen atoms in total. The number of carbonyl (C=O) groups excluding carboxylic acids is 1. The van der Waals surface area contributed by atoms with Crippen molar-refractivity contribution in [3.63, 3.8) is 0 Å². The fourth-order valence-electron chi connectivity index (χ4n) is 4.18. The lowest BCUT2D eigenvalue weighted by Gasteiger charge is -2.38. The van der Waals surface area contributed by atoms with Crippen LogP contribution >= 0.6 is 11.6 Å². The van der Waals surface area contributed by atoms with E-state index in [-0.39, 0.29) is 16.8 Å². The van der Waals surface area contributed by atoms with Crippen LogP contribution in [0.4, 0.5) is 11.6 Å². The summed E-state index contributed by atoms with van der Waals surface area (Å²) in [6.07, 6.45) is 1.19. The van der Waals surface area contributed by atoms with Crippen LogP contribution in [-0.4, -0.2) is 44.1 Å². The van der Waals surface area contributed by atoms with Gasteiger partial charge in [0.15, 0.2) is 5.03 Å². The van der Waals surface area contributed by atoms with Gasteiger partial charge in [-0.3, -0.25) is 9.52 Å². The van der Waals surface area contributed by atoms with Crippen molar-refractivity contribution in [1.29, 1.82) is 0 Å². The highest BCUT2D eigenvalue weighted by atomic mass is 35.5. The molecule has 190 valence electrons. The van der Waals surface area contributed by atoms with Gasteiger partial charge < -0.3 is 9.64 Å². The minimum Gasteiger partial charge on any atom is -0.466 e. The van der Waals surface area contributed by atoms with Crippen LogP contribution in [0.5, 0.6) is 0 Å². The minimum absolute atomic E-state index is 0.118. The Kier molecular flexibility index (Phi) is 7.51. The van der Waals surface area contributed by atoms with Crippen molar-refractivity contribution in [1.82, 2.24) is 9.97 Å². The number of piperidine rings is 1. The van der Waals surface area contributed by atoms with Crippen molar-refractivity contribution in [2.45, 2.75) is 38.6 Å². The monoisotopic (exact) mass is 528 g/mol. The number of benzene rings is 1. The van der Waals surface area contributed by atoms with Crippen LogP contribution in [0.3, 0.4) is 0 Å². The number of ether oxygens (including phenoxy) is 1. The highest BCUT2D eigenvalue weighted by Gasteiger charge is 2.38. The molecule has 1 fully saturated rings. The van der Waals surface area contributed by atoms with Gasteiger partial charge in [0, 0.05) is 18.7 Å². The molecular weight excluding hydrogens is 500 g/mol. The first-order valence-corrected chi connectivity index (χ1v) is 13.6. The van der Waals surface area contributed by atoms with Gasteiger partial charge in [0.05, 0.1) is 22.7 Å². The number of halogens is 1. The lowest BCUT2D eigenvalue weighted by atomic mass is 9.80. The van der Waals surface area contributed by atoms with Crippen molar-refractivity contribution < 1.29 is 17.9 Å². The summed E-state index contributed by atoms with van der Waals surface area (Å²) in [4.78, 5) is 23.2. The van der Waals surface area contributed by atoms with Crippen molar-refractivity contribution in [3.05, 3.63) is 65.2 Å². The number of anilines is 2. The SMILES string of the molecule is CCOC(=O)C1(C)CCN(c2cccc(S(=O)(=O)Nc3ccc(Cl)c(-c4ccccc4C)n3)n2)CC1. The number of carbonyl (C=O) groups is 1. The maximum Gasteiger partial charge on any atom is 0.311 e. The summed E-state index contributed by atoms with van der Waals surface area (Å²) < 4.78 is 34.1. The number of esters is 1. The molecule has 0 spiro atoms. The molecule has 0 unspecified atom stereocenters. The van der Waals surface area contributed by atoms with E-state index in [0.29, 0.717) is 49.1 Å². The maximum atomic E-state index is 13.2. The molecule has 0 aliphatic carbocycles. The second kappa shape index (κ2) is 10.4. The molecule has 1 N–H and O–H groups in total. The number of nitrogens with one attached hydrogen (secondary N) is 1. The molecule has 0 atom stereocenters. The molecule has 1 saturated heterocycles. The first-order chi connectivity index (χ1) is 17.1. The van der Waals surface area contributed by atoms with Gasteiger partial charge in [-0.25, -0.2) is 9.97 Å². The molecule has 0 radical (unpaired) electrons. The fraction of sp³-hybridized carbons (Fsp3) is 0.346. The number of sulfonamides is 1. The van der Waals surface area contributed by atoms with E-state index >= 15 is 0 Å². The van der Waals surface area contributed by atoms with Crippen molar-refractivity contribution in [2.75, 3.05) is 29.3 Å². The Morgan fingerprint density at radius 2 is 1.81 bits per heavy atom. The lowest BCUT2D eigenvalue weighted by molar-refractivity contribution is -0.155. The van der Waals surface area contributed by atoms with E-state index in [2.05, 4.69) is 14.7 Å². The summed E-state index contributed by atoms with van der Waals surface area (Å²) in [5.41, 5.74) is 1.74. The molecule has 10 heteroatoms. The molecular formula is C26H29ClN4O4S. The van der Waals surface area contributed by atoms with E-state index in [1.165, 1.54) is 12.1 Å². The van der Waals surface area contributed by atoms with Crippen LogP contribution < -0.4 is 9.62 Å². The number of rotatable bonds is 7. The van der Waals surface area contributed by atoms with E-state index in [1.54, 1.807) is 25.1 Å². The molecule has 1 aliphatic heterocycles. The Labute approximate surface area is 216 Å². The first kappa shape index (κ1) is 25.9. The van der Waals surface area contributed by atoms with E-state index in [9.17, 15) is 13.2 Å².